The third-order valence-electron chi connectivity index (χ3n) is 6.17. The zero-order valence-corrected chi connectivity index (χ0v) is 13.5. The van der Waals surface area contributed by atoms with Gasteiger partial charge in [0.2, 0.25) is 5.91 Å². The lowest BCUT2D eigenvalue weighted by Crippen LogP contribution is -2.46. The minimum atomic E-state index is 0.0360. The number of carbonyl (C=O) groups excluding carboxylic acids is 1. The van der Waals surface area contributed by atoms with Gasteiger partial charge >= 0.3 is 0 Å². The molecule has 0 radical (unpaired) electrons. The van der Waals surface area contributed by atoms with Crippen LogP contribution in [0.25, 0.3) is 0 Å². The van der Waals surface area contributed by atoms with E-state index < -0.39 is 0 Å². The van der Waals surface area contributed by atoms with Crippen molar-refractivity contribution >= 4 is 17.5 Å². The van der Waals surface area contributed by atoms with Crippen molar-refractivity contribution < 1.29 is 4.79 Å². The van der Waals surface area contributed by atoms with E-state index in [1.54, 1.807) is 0 Å². The Morgan fingerprint density at radius 3 is 2.73 bits per heavy atom. The summed E-state index contributed by atoms with van der Waals surface area (Å²) in [6.07, 6.45) is 5.78. The fraction of sp³-hybridized carbons (Fsp3) is 0.611. The summed E-state index contributed by atoms with van der Waals surface area (Å²) in [6, 6.07) is 8.11. The highest BCUT2D eigenvalue weighted by Crippen LogP contribution is 2.49. The maximum absolute atomic E-state index is 12.6. The second-order valence-corrected chi connectivity index (χ2v) is 7.88. The predicted molar refractivity (Wildman–Crippen MR) is 87.7 cm³/mol. The van der Waals surface area contributed by atoms with Gasteiger partial charge in [-0.15, -0.1) is 0 Å². The number of nitrogens with two attached hydrogens (primary N) is 1. The van der Waals surface area contributed by atoms with E-state index in [2.05, 4.69) is 11.4 Å². The van der Waals surface area contributed by atoms with Crippen LogP contribution >= 0.6 is 11.6 Å². The van der Waals surface area contributed by atoms with E-state index in [0.29, 0.717) is 18.4 Å². The number of carbonyl (C=O) groups is 1. The van der Waals surface area contributed by atoms with Crippen molar-refractivity contribution in [3.05, 3.63) is 34.9 Å². The summed E-state index contributed by atoms with van der Waals surface area (Å²) in [5.74, 6) is 1.30. The van der Waals surface area contributed by atoms with E-state index in [-0.39, 0.29) is 23.3 Å². The summed E-state index contributed by atoms with van der Waals surface area (Å²) < 4.78 is 0. The molecule has 3 aliphatic carbocycles. The quantitative estimate of drug-likeness (QED) is 0.897. The van der Waals surface area contributed by atoms with Gasteiger partial charge in [0.05, 0.1) is 5.92 Å². The maximum atomic E-state index is 12.6. The summed E-state index contributed by atoms with van der Waals surface area (Å²) in [5, 5.41) is 3.97. The van der Waals surface area contributed by atoms with Crippen molar-refractivity contribution in [2.45, 2.75) is 43.6 Å². The fourth-order valence-electron chi connectivity index (χ4n) is 4.64. The number of benzene rings is 1. The van der Waals surface area contributed by atoms with Crippen LogP contribution in [0.1, 0.15) is 37.7 Å². The molecule has 0 aliphatic heterocycles. The van der Waals surface area contributed by atoms with Crippen LogP contribution in [-0.2, 0) is 10.2 Å². The largest absolute Gasteiger partial charge is 0.355 e. The van der Waals surface area contributed by atoms with E-state index in [1.807, 2.05) is 18.2 Å². The highest BCUT2D eigenvalue weighted by molar-refractivity contribution is 6.30. The van der Waals surface area contributed by atoms with Crippen molar-refractivity contribution in [2.24, 2.45) is 23.5 Å². The van der Waals surface area contributed by atoms with Crippen molar-refractivity contribution in [2.75, 3.05) is 6.54 Å². The SMILES string of the molecule is NC1C2CCC(C2)C1C(=O)NCC1(c2cccc(Cl)c2)CC1. The predicted octanol–water partition coefficient (Wildman–Crippen LogP) is 2.86. The third-order valence-corrected chi connectivity index (χ3v) is 6.41. The van der Waals surface area contributed by atoms with Crippen LogP contribution in [0, 0.1) is 17.8 Å². The average molecular weight is 319 g/mol. The van der Waals surface area contributed by atoms with Crippen LogP contribution in [0.5, 0.6) is 0 Å². The Labute approximate surface area is 136 Å². The number of hydrogen-bond donors (Lipinski definition) is 2. The molecule has 2 bridgehead atoms. The summed E-state index contributed by atoms with van der Waals surface area (Å²) in [5.41, 5.74) is 7.62. The maximum Gasteiger partial charge on any atom is 0.224 e. The van der Waals surface area contributed by atoms with Gasteiger partial charge in [-0.1, -0.05) is 23.7 Å². The van der Waals surface area contributed by atoms with E-state index >= 15 is 0 Å². The molecule has 3 aliphatic rings. The Kier molecular flexibility index (Phi) is 3.46. The lowest BCUT2D eigenvalue weighted by molar-refractivity contribution is -0.127. The van der Waals surface area contributed by atoms with Crippen LogP contribution < -0.4 is 11.1 Å². The molecule has 3 fully saturated rings. The van der Waals surface area contributed by atoms with Gasteiger partial charge in [-0.2, -0.15) is 0 Å². The first-order valence-electron chi connectivity index (χ1n) is 8.38. The molecule has 1 amide bonds. The standard InChI is InChI=1S/C18H23ClN2O/c19-14-3-1-2-13(9-14)18(6-7-18)10-21-17(22)15-11-4-5-12(8-11)16(15)20/h1-3,9,11-12,15-16H,4-8,10,20H2,(H,21,22). The molecule has 0 aromatic heterocycles. The molecule has 3 saturated carbocycles. The van der Waals surface area contributed by atoms with Crippen LogP contribution in [0.15, 0.2) is 24.3 Å². The molecular formula is C18H23ClN2O. The molecule has 3 nitrogen and oxygen atoms in total. The molecule has 4 heteroatoms. The van der Waals surface area contributed by atoms with E-state index in [9.17, 15) is 4.79 Å². The highest BCUT2D eigenvalue weighted by Gasteiger charge is 2.50. The molecule has 0 saturated heterocycles. The summed E-state index contributed by atoms with van der Waals surface area (Å²) in [7, 11) is 0. The zero-order valence-electron chi connectivity index (χ0n) is 12.7. The average Bonchev–Trinajstić information content (AvgIpc) is 3.05. The Bertz CT molecular complexity index is 597. The first kappa shape index (κ1) is 14.5. The lowest BCUT2D eigenvalue weighted by Gasteiger charge is -2.28. The smallest absolute Gasteiger partial charge is 0.224 e. The Morgan fingerprint density at radius 1 is 1.32 bits per heavy atom. The Hall–Kier alpha value is -1.06. The normalized spacial score (nSPS) is 34.6. The summed E-state index contributed by atoms with van der Waals surface area (Å²) >= 11 is 6.10. The van der Waals surface area contributed by atoms with Crippen LogP contribution in [0.2, 0.25) is 5.02 Å². The number of nitrogens with one attached hydrogen (secondary N) is 1. The molecule has 0 spiro atoms. The van der Waals surface area contributed by atoms with Gasteiger partial charge < -0.3 is 11.1 Å². The van der Waals surface area contributed by atoms with Crippen molar-refractivity contribution in [3.8, 4) is 0 Å². The number of fused-ring (bicyclic) bond motifs is 2. The van der Waals surface area contributed by atoms with E-state index in [1.165, 1.54) is 18.4 Å². The number of rotatable bonds is 4. The molecule has 1 aromatic carbocycles. The molecule has 118 valence electrons. The lowest BCUT2D eigenvalue weighted by atomic mass is 9.84. The van der Waals surface area contributed by atoms with Gasteiger partial charge in [0.25, 0.3) is 0 Å². The number of hydrogen-bond acceptors (Lipinski definition) is 2. The Morgan fingerprint density at radius 2 is 2.09 bits per heavy atom. The monoisotopic (exact) mass is 318 g/mol. The topological polar surface area (TPSA) is 55.1 Å². The number of amides is 1. The second-order valence-electron chi connectivity index (χ2n) is 7.44. The molecule has 4 unspecified atom stereocenters. The number of halogens is 1. The minimum absolute atomic E-state index is 0.0360. The first-order chi connectivity index (χ1) is 10.6. The highest BCUT2D eigenvalue weighted by atomic mass is 35.5. The summed E-state index contributed by atoms with van der Waals surface area (Å²) in [6.45, 7) is 0.715. The molecular weight excluding hydrogens is 296 g/mol. The van der Waals surface area contributed by atoms with Crippen LogP contribution in [0.3, 0.4) is 0 Å². The molecule has 1 aromatic rings. The van der Waals surface area contributed by atoms with Gasteiger partial charge in [0.15, 0.2) is 0 Å². The molecule has 3 N–H and O–H groups in total. The molecule has 0 heterocycles. The van der Waals surface area contributed by atoms with Crippen LogP contribution in [0.4, 0.5) is 0 Å². The van der Waals surface area contributed by atoms with E-state index in [0.717, 1.165) is 24.3 Å². The van der Waals surface area contributed by atoms with Crippen LogP contribution in [-0.4, -0.2) is 18.5 Å². The van der Waals surface area contributed by atoms with E-state index in [4.69, 9.17) is 17.3 Å². The fourth-order valence-corrected chi connectivity index (χ4v) is 4.83. The van der Waals surface area contributed by atoms with Crippen molar-refractivity contribution in [3.63, 3.8) is 0 Å². The zero-order chi connectivity index (χ0) is 15.3. The molecule has 4 atom stereocenters. The second kappa shape index (κ2) is 5.24. The molecule has 22 heavy (non-hydrogen) atoms. The first-order valence-corrected chi connectivity index (χ1v) is 8.76. The van der Waals surface area contributed by atoms with Gasteiger partial charge in [-0.3, -0.25) is 4.79 Å². The van der Waals surface area contributed by atoms with Gasteiger partial charge in [0.1, 0.15) is 0 Å². The van der Waals surface area contributed by atoms with Gasteiger partial charge in [-0.05, 0) is 61.6 Å². The van der Waals surface area contributed by atoms with Gasteiger partial charge in [0, 0.05) is 23.0 Å². The third kappa shape index (κ3) is 2.35. The van der Waals surface area contributed by atoms with Crippen molar-refractivity contribution in [1.82, 2.24) is 5.32 Å². The van der Waals surface area contributed by atoms with Crippen molar-refractivity contribution in [1.29, 1.82) is 0 Å². The van der Waals surface area contributed by atoms with Gasteiger partial charge in [-0.25, -0.2) is 0 Å². The minimum Gasteiger partial charge on any atom is -0.355 e. The summed E-state index contributed by atoms with van der Waals surface area (Å²) in [4.78, 5) is 12.6. The molecule has 4 rings (SSSR count). The Balaban J connectivity index is 1.41.